The third-order valence-electron chi connectivity index (χ3n) is 8.55. The Morgan fingerprint density at radius 3 is 2.35 bits per heavy atom. The Bertz CT molecular complexity index is 1470. The molecule has 0 bridgehead atoms. The van der Waals surface area contributed by atoms with E-state index in [1.54, 1.807) is 11.8 Å². The first-order valence-electron chi connectivity index (χ1n) is 16.3. The predicted octanol–water partition coefficient (Wildman–Crippen LogP) is 2.01. The molecule has 0 spiro atoms. The van der Waals surface area contributed by atoms with Gasteiger partial charge in [-0.25, -0.2) is 0 Å². The number of aryl methyl sites for hydroxylation is 1. The maximum atomic E-state index is 13.9. The van der Waals surface area contributed by atoms with E-state index in [9.17, 15) is 19.5 Å². The number of rotatable bonds is 14. The van der Waals surface area contributed by atoms with E-state index in [0.717, 1.165) is 16.9 Å². The SMILES string of the molecule is C=C[I-]/C(C)=C(\SC)c1ccc(CNC(=O)[C@@H]2C[C@H](O)CN2C(=O)[C@@H](NC(=O)COC2CC(Oc3ccc(C)cc3)C2)C(C)(C)C)cc1. The van der Waals surface area contributed by atoms with Crippen molar-refractivity contribution in [2.45, 2.75) is 90.8 Å². The number of ether oxygens (including phenoxy) is 2. The van der Waals surface area contributed by atoms with E-state index in [4.69, 9.17) is 9.47 Å². The Morgan fingerprint density at radius 1 is 1.08 bits per heavy atom. The molecule has 1 saturated carbocycles. The third-order valence-corrected chi connectivity index (χ3v) is 11.8. The second kappa shape index (κ2) is 17.2. The molecule has 0 unspecified atom stereocenters. The van der Waals surface area contributed by atoms with Crippen molar-refractivity contribution >= 4 is 34.4 Å². The number of hydrogen-bond acceptors (Lipinski definition) is 7. The van der Waals surface area contributed by atoms with E-state index in [1.807, 2.05) is 68.2 Å². The molecule has 0 radical (unpaired) electrons. The van der Waals surface area contributed by atoms with E-state index in [2.05, 4.69) is 42.5 Å². The van der Waals surface area contributed by atoms with Crippen molar-refractivity contribution in [2.24, 2.45) is 5.41 Å². The van der Waals surface area contributed by atoms with E-state index in [0.29, 0.717) is 19.4 Å². The minimum atomic E-state index is -0.911. The number of benzene rings is 2. The fourth-order valence-electron chi connectivity index (χ4n) is 5.78. The summed E-state index contributed by atoms with van der Waals surface area (Å²) in [6.07, 6.45) is 2.67. The number of nitrogens with zero attached hydrogens (tertiary/aromatic N) is 1. The number of carbonyl (C=O) groups excluding carboxylic acids is 3. The molecule has 3 amide bonds. The molecule has 262 valence electrons. The molecular formula is C37H49IN3O6S-. The molecule has 9 nitrogen and oxygen atoms in total. The van der Waals surface area contributed by atoms with Crippen molar-refractivity contribution in [1.82, 2.24) is 15.5 Å². The Morgan fingerprint density at radius 2 is 1.75 bits per heavy atom. The van der Waals surface area contributed by atoms with Gasteiger partial charge in [0.15, 0.2) is 0 Å². The number of thioether (sulfide) groups is 1. The van der Waals surface area contributed by atoms with E-state index in [-0.39, 0.29) is 58.9 Å². The Kier molecular flexibility index (Phi) is 13.6. The number of halogens is 1. The second-order valence-corrected chi connectivity index (χ2v) is 17.4. The van der Waals surface area contributed by atoms with Gasteiger partial charge in [-0.05, 0) is 24.5 Å². The molecule has 48 heavy (non-hydrogen) atoms. The monoisotopic (exact) mass is 790 g/mol. The van der Waals surface area contributed by atoms with Crippen LogP contribution in [0.5, 0.6) is 5.75 Å². The molecule has 1 heterocycles. The summed E-state index contributed by atoms with van der Waals surface area (Å²) in [6, 6.07) is 14.2. The average molecular weight is 791 g/mol. The molecule has 1 aliphatic heterocycles. The molecule has 1 saturated heterocycles. The van der Waals surface area contributed by atoms with Crippen molar-refractivity contribution in [1.29, 1.82) is 0 Å². The van der Waals surface area contributed by atoms with Gasteiger partial charge < -0.3 is 19.9 Å². The van der Waals surface area contributed by atoms with Crippen LogP contribution in [0.3, 0.4) is 0 Å². The molecule has 2 aromatic carbocycles. The quantitative estimate of drug-likeness (QED) is 0.251. The van der Waals surface area contributed by atoms with E-state index < -0.39 is 35.4 Å². The summed E-state index contributed by atoms with van der Waals surface area (Å²) < 4.78 is 15.1. The van der Waals surface area contributed by atoms with Crippen molar-refractivity contribution in [2.75, 3.05) is 19.4 Å². The van der Waals surface area contributed by atoms with Crippen molar-refractivity contribution < 1.29 is 50.2 Å². The van der Waals surface area contributed by atoms with Gasteiger partial charge in [-0.1, -0.05) is 38.5 Å². The molecule has 0 aromatic heterocycles. The first-order chi connectivity index (χ1) is 22.8. The van der Waals surface area contributed by atoms with Crippen LogP contribution in [0.1, 0.15) is 63.6 Å². The Balaban J connectivity index is 1.30. The van der Waals surface area contributed by atoms with Gasteiger partial charge in [0.2, 0.25) is 5.91 Å². The van der Waals surface area contributed by atoms with Crippen LogP contribution in [-0.2, 0) is 25.7 Å². The van der Waals surface area contributed by atoms with Crippen LogP contribution in [0.15, 0.2) is 62.8 Å². The maximum absolute atomic E-state index is 13.9. The number of carbonyl (C=O) groups is 3. The van der Waals surface area contributed by atoms with Crippen LogP contribution in [-0.4, -0.2) is 77.5 Å². The van der Waals surface area contributed by atoms with Crippen molar-refractivity contribution in [3.63, 3.8) is 0 Å². The number of amides is 3. The zero-order valence-electron chi connectivity index (χ0n) is 28.8. The number of allylic oxidation sites excluding steroid dienone is 1. The number of aliphatic hydroxyl groups excluding tert-OH is 1. The number of nitrogens with one attached hydrogen (secondary N) is 2. The standard InChI is InChI=1S/C37H49IN3O6S/c1-8-38-24(3)33(48-7)26-13-11-25(12-14-26)20-39-35(44)31-17-27(42)21-41(31)36(45)34(37(4,5)6)40-32(43)22-46-29-18-30(19-29)47-28-15-9-23(2)10-16-28/h8-16,27,29-31,34,42H,1,17-22H2,2-7H3,(H,39,44)(H,40,43)/q-1/b33-24-/t27-,29?,30?,31-,34+/m0/s1. The molecule has 2 fully saturated rings. The van der Waals surface area contributed by atoms with Gasteiger partial charge >= 0.3 is 159 Å². The van der Waals surface area contributed by atoms with Gasteiger partial charge in [-0.15, -0.1) is 0 Å². The van der Waals surface area contributed by atoms with Crippen LogP contribution >= 0.6 is 11.8 Å². The second-order valence-electron chi connectivity index (χ2n) is 13.5. The summed E-state index contributed by atoms with van der Waals surface area (Å²) in [5.74, 6) is -0.331. The van der Waals surface area contributed by atoms with Crippen molar-refractivity contribution in [3.8, 4) is 5.75 Å². The van der Waals surface area contributed by atoms with Gasteiger partial charge in [0.25, 0.3) is 0 Å². The number of hydrogen-bond donors (Lipinski definition) is 3. The number of β-amino-alcohol motifs (C(OH)–C–C–N with tert-alkyl or cyclic N) is 1. The first kappa shape index (κ1) is 37.9. The van der Waals surface area contributed by atoms with Crippen LogP contribution in [0, 0.1) is 12.3 Å². The summed E-state index contributed by atoms with van der Waals surface area (Å²) in [5.41, 5.74) is 2.58. The van der Waals surface area contributed by atoms with Gasteiger partial charge in [0, 0.05) is 12.8 Å². The zero-order valence-corrected chi connectivity index (χ0v) is 31.7. The van der Waals surface area contributed by atoms with E-state index in [1.165, 1.54) is 18.9 Å². The molecule has 3 N–H and O–H groups in total. The minimum absolute atomic E-state index is 0.0193. The molecule has 2 aromatic rings. The van der Waals surface area contributed by atoms with Gasteiger partial charge in [0.1, 0.15) is 24.5 Å². The summed E-state index contributed by atoms with van der Waals surface area (Å²) >= 11 is 1.52. The van der Waals surface area contributed by atoms with Gasteiger partial charge in [-0.2, -0.15) is 0 Å². The van der Waals surface area contributed by atoms with Crippen LogP contribution < -0.4 is 36.6 Å². The fourth-order valence-corrected chi connectivity index (χ4v) is 8.65. The fraction of sp³-hybridized carbons (Fsp3) is 0.486. The predicted molar refractivity (Wildman–Crippen MR) is 187 cm³/mol. The first-order valence-corrected chi connectivity index (χ1v) is 19.8. The van der Waals surface area contributed by atoms with Gasteiger partial charge in [0.05, 0.1) is 6.10 Å². The van der Waals surface area contributed by atoms with Crippen LogP contribution in [0.25, 0.3) is 4.91 Å². The van der Waals surface area contributed by atoms with Gasteiger partial charge in [-0.3, -0.25) is 9.59 Å². The topological polar surface area (TPSA) is 117 Å². The third kappa shape index (κ3) is 10.3. The molecule has 4 rings (SSSR count). The van der Waals surface area contributed by atoms with Crippen LogP contribution in [0.2, 0.25) is 0 Å². The van der Waals surface area contributed by atoms with E-state index >= 15 is 0 Å². The number of likely N-dealkylation sites (tertiary alicyclic amines) is 1. The average Bonchev–Trinajstić information content (AvgIpc) is 3.42. The van der Waals surface area contributed by atoms with Crippen molar-refractivity contribution in [3.05, 3.63) is 79.5 Å². The Hall–Kier alpha value is -2.87. The Labute approximate surface area is 299 Å². The molecule has 1 aliphatic carbocycles. The van der Waals surface area contributed by atoms with Crippen LogP contribution in [0.4, 0.5) is 0 Å². The molecule has 11 heteroatoms. The zero-order chi connectivity index (χ0) is 35.0. The normalized spacial score (nSPS) is 21.9. The number of aliphatic hydroxyl groups is 1. The molecule has 3 atom stereocenters. The summed E-state index contributed by atoms with van der Waals surface area (Å²) in [5, 5.41) is 16.3. The summed E-state index contributed by atoms with van der Waals surface area (Å²) in [6.45, 7) is 13.8. The molecule has 2 aliphatic rings. The summed E-state index contributed by atoms with van der Waals surface area (Å²) in [7, 11) is 0. The molecular weight excluding hydrogens is 741 g/mol. The summed E-state index contributed by atoms with van der Waals surface area (Å²) in [4.78, 5) is 42.9.